The minimum atomic E-state index is -0.390. The molecule has 1 N–H and O–H groups in total. The van der Waals surface area contributed by atoms with Crippen LogP contribution in [0, 0.1) is 18.3 Å². The molecule has 0 atom stereocenters. The van der Waals surface area contributed by atoms with Gasteiger partial charge in [-0.15, -0.1) is 0 Å². The highest BCUT2D eigenvalue weighted by Crippen LogP contribution is 2.25. The van der Waals surface area contributed by atoms with Gasteiger partial charge in [0.2, 0.25) is 0 Å². The fourth-order valence-electron chi connectivity index (χ4n) is 1.78. The molecule has 2 rings (SSSR count). The lowest BCUT2D eigenvalue weighted by atomic mass is 10.1. The summed E-state index contributed by atoms with van der Waals surface area (Å²) in [6, 6.07) is 8.94. The Balaban J connectivity index is 2.33. The molecular weight excluding hydrogens is 254 g/mol. The van der Waals surface area contributed by atoms with Crippen molar-refractivity contribution in [3.63, 3.8) is 0 Å². The molecule has 0 saturated heterocycles. The van der Waals surface area contributed by atoms with Crippen LogP contribution in [0.5, 0.6) is 5.75 Å². The zero-order valence-corrected chi connectivity index (χ0v) is 11.2. The first-order valence-corrected chi connectivity index (χ1v) is 5.96. The second kappa shape index (κ2) is 5.85. The third-order valence-corrected chi connectivity index (χ3v) is 2.79. The molecule has 1 aromatic heterocycles. The molecule has 1 amide bonds. The molecular formula is C15H13N3O2. The lowest BCUT2D eigenvalue weighted by Crippen LogP contribution is -2.14. The Morgan fingerprint density at radius 3 is 2.90 bits per heavy atom. The maximum Gasteiger partial charge on any atom is 0.258 e. The number of anilines is 1. The second-order valence-electron chi connectivity index (χ2n) is 4.19. The van der Waals surface area contributed by atoms with Crippen LogP contribution in [0.3, 0.4) is 0 Å². The Hall–Kier alpha value is -2.87. The topological polar surface area (TPSA) is 75.0 Å². The van der Waals surface area contributed by atoms with E-state index in [1.54, 1.807) is 12.1 Å². The number of carbonyl (C=O) groups excluding carboxylic acids is 1. The molecule has 5 heteroatoms. The van der Waals surface area contributed by atoms with Gasteiger partial charge in [-0.1, -0.05) is 6.07 Å². The highest BCUT2D eigenvalue weighted by atomic mass is 16.5. The minimum Gasteiger partial charge on any atom is -0.495 e. The van der Waals surface area contributed by atoms with E-state index in [1.807, 2.05) is 19.1 Å². The van der Waals surface area contributed by atoms with Crippen molar-refractivity contribution in [3.8, 4) is 11.8 Å². The Morgan fingerprint density at radius 2 is 2.20 bits per heavy atom. The van der Waals surface area contributed by atoms with Crippen LogP contribution in [0.25, 0.3) is 0 Å². The molecule has 100 valence electrons. The van der Waals surface area contributed by atoms with E-state index in [4.69, 9.17) is 10.00 Å². The van der Waals surface area contributed by atoms with Gasteiger partial charge < -0.3 is 10.1 Å². The summed E-state index contributed by atoms with van der Waals surface area (Å²) in [5, 5.41) is 11.7. The Kier molecular flexibility index (Phi) is 3.96. The Labute approximate surface area is 116 Å². The van der Waals surface area contributed by atoms with Crippen LogP contribution in [-0.2, 0) is 0 Å². The van der Waals surface area contributed by atoms with Crippen molar-refractivity contribution in [2.24, 2.45) is 0 Å². The van der Waals surface area contributed by atoms with Crippen molar-refractivity contribution in [2.75, 3.05) is 12.4 Å². The predicted molar refractivity (Wildman–Crippen MR) is 74.6 cm³/mol. The lowest BCUT2D eigenvalue weighted by molar-refractivity contribution is 0.102. The van der Waals surface area contributed by atoms with E-state index < -0.39 is 5.91 Å². The molecule has 20 heavy (non-hydrogen) atoms. The number of benzene rings is 1. The number of nitriles is 1. The zero-order chi connectivity index (χ0) is 14.5. The average Bonchev–Trinajstić information content (AvgIpc) is 2.47. The van der Waals surface area contributed by atoms with Crippen molar-refractivity contribution < 1.29 is 9.53 Å². The normalized spacial score (nSPS) is 9.65. The maximum atomic E-state index is 12.2. The number of nitrogens with one attached hydrogen (secondary N) is 1. The molecule has 0 fully saturated rings. The maximum absolute atomic E-state index is 12.2. The average molecular weight is 267 g/mol. The fraction of sp³-hybridized carbons (Fsp3) is 0.133. The largest absolute Gasteiger partial charge is 0.495 e. The number of amides is 1. The van der Waals surface area contributed by atoms with E-state index in [9.17, 15) is 4.79 Å². The van der Waals surface area contributed by atoms with E-state index in [-0.39, 0.29) is 11.1 Å². The van der Waals surface area contributed by atoms with Crippen molar-refractivity contribution in [2.45, 2.75) is 6.92 Å². The lowest BCUT2D eigenvalue weighted by Gasteiger charge is -2.11. The van der Waals surface area contributed by atoms with Crippen LogP contribution in [0.2, 0.25) is 0 Å². The monoisotopic (exact) mass is 267 g/mol. The minimum absolute atomic E-state index is 0.235. The van der Waals surface area contributed by atoms with Crippen molar-refractivity contribution in [1.82, 2.24) is 4.98 Å². The number of hydrogen-bond donors (Lipinski definition) is 1. The summed E-state index contributed by atoms with van der Waals surface area (Å²) >= 11 is 0. The molecule has 0 radical (unpaired) electrons. The molecule has 0 spiro atoms. The summed E-state index contributed by atoms with van der Waals surface area (Å²) < 4.78 is 5.20. The number of aryl methyl sites for hydroxylation is 1. The number of ether oxygens (including phenoxy) is 1. The number of nitrogens with zero attached hydrogens (tertiary/aromatic N) is 2. The molecule has 0 saturated carbocycles. The van der Waals surface area contributed by atoms with Gasteiger partial charge in [-0.25, -0.2) is 0 Å². The van der Waals surface area contributed by atoms with Crippen LogP contribution in [-0.4, -0.2) is 18.0 Å². The van der Waals surface area contributed by atoms with Gasteiger partial charge in [-0.2, -0.15) is 5.26 Å². The number of rotatable bonds is 3. The Morgan fingerprint density at radius 1 is 1.40 bits per heavy atom. The number of carbonyl (C=O) groups is 1. The molecule has 0 aliphatic rings. The van der Waals surface area contributed by atoms with Gasteiger partial charge in [0.1, 0.15) is 11.8 Å². The van der Waals surface area contributed by atoms with Gasteiger partial charge >= 0.3 is 0 Å². The molecule has 1 aromatic carbocycles. The number of pyridine rings is 1. The molecule has 0 aliphatic carbocycles. The summed E-state index contributed by atoms with van der Waals surface area (Å²) in [4.78, 5) is 16.1. The third kappa shape index (κ3) is 2.75. The van der Waals surface area contributed by atoms with Crippen LogP contribution >= 0.6 is 0 Å². The van der Waals surface area contributed by atoms with Crippen molar-refractivity contribution >= 4 is 11.6 Å². The molecule has 1 heterocycles. The van der Waals surface area contributed by atoms with Gasteiger partial charge in [-0.05, 0) is 30.7 Å². The first-order chi connectivity index (χ1) is 9.65. The van der Waals surface area contributed by atoms with Crippen LogP contribution in [0.1, 0.15) is 21.5 Å². The van der Waals surface area contributed by atoms with Crippen molar-refractivity contribution in [1.29, 1.82) is 5.26 Å². The van der Waals surface area contributed by atoms with Gasteiger partial charge in [0, 0.05) is 12.4 Å². The van der Waals surface area contributed by atoms with Crippen molar-refractivity contribution in [3.05, 3.63) is 53.3 Å². The summed E-state index contributed by atoms with van der Waals surface area (Å²) in [5.74, 6) is 0.171. The first kappa shape index (κ1) is 13.6. The molecule has 0 unspecified atom stereocenters. The summed E-state index contributed by atoms with van der Waals surface area (Å²) in [5.41, 5.74) is 2.07. The Bertz CT molecular complexity index is 690. The highest BCUT2D eigenvalue weighted by Gasteiger charge is 2.13. The van der Waals surface area contributed by atoms with E-state index >= 15 is 0 Å². The number of methoxy groups -OCH3 is 1. The SMILES string of the molecule is COc1ccc(C)cc1NC(=O)c1cnccc1C#N. The second-order valence-corrected chi connectivity index (χ2v) is 4.19. The predicted octanol–water partition coefficient (Wildman–Crippen LogP) is 2.52. The standard InChI is InChI=1S/C15H13N3O2/c1-10-3-4-14(20-2)13(7-10)18-15(19)12-9-17-6-5-11(12)8-16/h3-7,9H,1-2H3,(H,18,19). The third-order valence-electron chi connectivity index (χ3n) is 2.79. The van der Waals surface area contributed by atoms with Crippen LogP contribution < -0.4 is 10.1 Å². The van der Waals surface area contributed by atoms with Gasteiger partial charge in [0.05, 0.1) is 23.9 Å². The summed E-state index contributed by atoms with van der Waals surface area (Å²) in [6.07, 6.45) is 2.85. The van der Waals surface area contributed by atoms with Crippen LogP contribution in [0.4, 0.5) is 5.69 Å². The first-order valence-electron chi connectivity index (χ1n) is 5.96. The number of aromatic nitrogens is 1. The molecule has 2 aromatic rings. The van der Waals surface area contributed by atoms with E-state index in [2.05, 4.69) is 10.3 Å². The van der Waals surface area contributed by atoms with E-state index in [0.29, 0.717) is 11.4 Å². The highest BCUT2D eigenvalue weighted by molar-refractivity contribution is 6.06. The molecule has 0 bridgehead atoms. The van der Waals surface area contributed by atoms with E-state index in [1.165, 1.54) is 25.6 Å². The molecule has 5 nitrogen and oxygen atoms in total. The molecule has 0 aliphatic heterocycles. The smallest absolute Gasteiger partial charge is 0.258 e. The summed E-state index contributed by atoms with van der Waals surface area (Å²) in [7, 11) is 1.53. The summed E-state index contributed by atoms with van der Waals surface area (Å²) in [6.45, 7) is 1.92. The van der Waals surface area contributed by atoms with Gasteiger partial charge in [0.25, 0.3) is 5.91 Å². The zero-order valence-electron chi connectivity index (χ0n) is 11.2. The fourth-order valence-corrected chi connectivity index (χ4v) is 1.78. The quantitative estimate of drug-likeness (QED) is 0.927. The van der Waals surface area contributed by atoms with Crippen LogP contribution in [0.15, 0.2) is 36.7 Å². The van der Waals surface area contributed by atoms with Gasteiger partial charge in [-0.3, -0.25) is 9.78 Å². The van der Waals surface area contributed by atoms with E-state index in [0.717, 1.165) is 5.56 Å². The number of hydrogen-bond acceptors (Lipinski definition) is 4. The van der Waals surface area contributed by atoms with Gasteiger partial charge in [0.15, 0.2) is 0 Å².